The third-order valence-corrected chi connectivity index (χ3v) is 2.21. The Morgan fingerprint density at radius 3 is 3.00 bits per heavy atom. The summed E-state index contributed by atoms with van der Waals surface area (Å²) in [6, 6.07) is 4.14. The van der Waals surface area contributed by atoms with Crippen LogP contribution in [-0.4, -0.2) is 19.3 Å². The Morgan fingerprint density at radius 1 is 1.70 bits per heavy atom. The van der Waals surface area contributed by atoms with Crippen LogP contribution in [0.4, 0.5) is 0 Å². The van der Waals surface area contributed by atoms with Crippen molar-refractivity contribution >= 4 is 19.3 Å². The maximum absolute atomic E-state index is 5.60. The fourth-order valence-corrected chi connectivity index (χ4v) is 1.44. The lowest BCUT2D eigenvalue weighted by molar-refractivity contribution is 0.478. The molecular formula is C7H10BNS. The predicted molar refractivity (Wildman–Crippen MR) is 46.2 cm³/mol. The van der Waals surface area contributed by atoms with E-state index < -0.39 is 0 Å². The molecule has 0 saturated heterocycles. The van der Waals surface area contributed by atoms with Crippen molar-refractivity contribution in [2.24, 2.45) is 0 Å². The van der Waals surface area contributed by atoms with E-state index in [1.54, 1.807) is 16.1 Å². The second-order valence-corrected chi connectivity index (χ2v) is 3.17. The Bertz CT molecular complexity index is 174. The van der Waals surface area contributed by atoms with Gasteiger partial charge in [-0.15, -0.1) is 11.3 Å². The standard InChI is InChI=1S/C7H10BNS/c1-2-9(8)6-7-4-3-5-10-7/h3-5H,2,6H2,1H3. The molecule has 1 nitrogen and oxygen atoms in total. The Hall–Kier alpha value is -0.275. The topological polar surface area (TPSA) is 3.24 Å². The monoisotopic (exact) mass is 151 g/mol. The molecule has 0 atom stereocenters. The van der Waals surface area contributed by atoms with Crippen LogP contribution in [0.15, 0.2) is 17.5 Å². The van der Waals surface area contributed by atoms with E-state index in [9.17, 15) is 0 Å². The molecule has 1 aromatic heterocycles. The van der Waals surface area contributed by atoms with Gasteiger partial charge in [0.15, 0.2) is 7.98 Å². The number of rotatable bonds is 3. The van der Waals surface area contributed by atoms with Crippen LogP contribution >= 0.6 is 11.3 Å². The van der Waals surface area contributed by atoms with Crippen molar-refractivity contribution in [3.05, 3.63) is 22.4 Å². The minimum Gasteiger partial charge on any atom is -0.349 e. The molecule has 2 radical (unpaired) electrons. The van der Waals surface area contributed by atoms with Crippen molar-refractivity contribution in [3.8, 4) is 0 Å². The van der Waals surface area contributed by atoms with Gasteiger partial charge in [0.2, 0.25) is 0 Å². The summed E-state index contributed by atoms with van der Waals surface area (Å²) in [6.07, 6.45) is 0. The molecule has 1 rings (SSSR count). The van der Waals surface area contributed by atoms with E-state index in [-0.39, 0.29) is 0 Å². The van der Waals surface area contributed by atoms with Gasteiger partial charge in [-0.05, 0) is 18.0 Å². The lowest BCUT2D eigenvalue weighted by atomic mass is 10.3. The van der Waals surface area contributed by atoms with Crippen LogP contribution in [0.25, 0.3) is 0 Å². The van der Waals surface area contributed by atoms with Crippen LogP contribution in [0.2, 0.25) is 0 Å². The van der Waals surface area contributed by atoms with Gasteiger partial charge in [-0.1, -0.05) is 13.0 Å². The maximum atomic E-state index is 5.60. The van der Waals surface area contributed by atoms with Crippen molar-refractivity contribution in [1.82, 2.24) is 4.81 Å². The number of nitrogens with zero attached hydrogens (tertiary/aromatic N) is 1. The first kappa shape index (κ1) is 7.83. The van der Waals surface area contributed by atoms with Crippen molar-refractivity contribution < 1.29 is 0 Å². The van der Waals surface area contributed by atoms with Crippen LogP contribution in [0.3, 0.4) is 0 Å². The van der Waals surface area contributed by atoms with E-state index in [0.717, 1.165) is 13.1 Å². The van der Waals surface area contributed by atoms with Gasteiger partial charge < -0.3 is 4.81 Å². The third kappa shape index (κ3) is 2.16. The summed E-state index contributed by atoms with van der Waals surface area (Å²) in [5.74, 6) is 0. The number of hydrogen-bond donors (Lipinski definition) is 0. The van der Waals surface area contributed by atoms with Crippen LogP contribution in [0.5, 0.6) is 0 Å². The van der Waals surface area contributed by atoms with Gasteiger partial charge in [-0.2, -0.15) is 0 Å². The Kier molecular flexibility index (Phi) is 2.96. The van der Waals surface area contributed by atoms with Gasteiger partial charge in [0.05, 0.1) is 0 Å². The smallest absolute Gasteiger partial charge is 0.182 e. The molecule has 1 heterocycles. The summed E-state index contributed by atoms with van der Waals surface area (Å²) in [6.45, 7) is 3.82. The van der Waals surface area contributed by atoms with Crippen molar-refractivity contribution in [2.75, 3.05) is 6.54 Å². The summed E-state index contributed by atoms with van der Waals surface area (Å²) in [4.78, 5) is 3.12. The van der Waals surface area contributed by atoms with Gasteiger partial charge in [0.1, 0.15) is 0 Å². The summed E-state index contributed by atoms with van der Waals surface area (Å²) >= 11 is 1.74. The molecule has 0 fully saturated rings. The fourth-order valence-electron chi connectivity index (χ4n) is 0.715. The highest BCUT2D eigenvalue weighted by atomic mass is 32.1. The zero-order valence-electron chi connectivity index (χ0n) is 6.08. The molecule has 3 heteroatoms. The molecular weight excluding hydrogens is 141 g/mol. The van der Waals surface area contributed by atoms with Crippen molar-refractivity contribution in [3.63, 3.8) is 0 Å². The normalized spacial score (nSPS) is 10.6. The van der Waals surface area contributed by atoms with Gasteiger partial charge >= 0.3 is 0 Å². The molecule has 1 aromatic rings. The molecule has 0 aliphatic carbocycles. The van der Waals surface area contributed by atoms with Crippen molar-refractivity contribution in [2.45, 2.75) is 13.5 Å². The molecule has 52 valence electrons. The van der Waals surface area contributed by atoms with E-state index in [1.165, 1.54) is 4.88 Å². The van der Waals surface area contributed by atoms with Gasteiger partial charge in [0, 0.05) is 11.4 Å². The lowest BCUT2D eigenvalue weighted by Crippen LogP contribution is -2.17. The van der Waals surface area contributed by atoms with E-state index >= 15 is 0 Å². The lowest BCUT2D eigenvalue weighted by Gasteiger charge is -2.11. The second kappa shape index (κ2) is 3.79. The molecule has 0 unspecified atom stereocenters. The quantitative estimate of drug-likeness (QED) is 0.593. The summed E-state index contributed by atoms with van der Waals surface area (Å²) in [5.41, 5.74) is 0. The van der Waals surface area contributed by atoms with Crippen molar-refractivity contribution in [1.29, 1.82) is 0 Å². The molecule has 0 aromatic carbocycles. The van der Waals surface area contributed by atoms with E-state index in [2.05, 4.69) is 11.4 Å². The first-order chi connectivity index (χ1) is 4.83. The Labute approximate surface area is 67.1 Å². The highest BCUT2D eigenvalue weighted by Gasteiger charge is 1.95. The predicted octanol–water partition coefficient (Wildman–Crippen LogP) is 1.65. The van der Waals surface area contributed by atoms with Crippen LogP contribution in [-0.2, 0) is 6.54 Å². The third-order valence-electron chi connectivity index (χ3n) is 1.35. The molecule has 0 N–H and O–H groups in total. The van der Waals surface area contributed by atoms with E-state index in [4.69, 9.17) is 7.98 Å². The SMILES string of the molecule is [B]N(CC)Cc1cccs1. The maximum Gasteiger partial charge on any atom is 0.182 e. The molecule has 0 saturated carbocycles. The molecule has 0 bridgehead atoms. The fraction of sp³-hybridized carbons (Fsp3) is 0.429. The van der Waals surface area contributed by atoms with Gasteiger partial charge in [-0.3, -0.25) is 0 Å². The highest BCUT2D eigenvalue weighted by molar-refractivity contribution is 7.09. The molecule has 0 aliphatic rings. The second-order valence-electron chi connectivity index (χ2n) is 2.14. The van der Waals surface area contributed by atoms with Gasteiger partial charge in [-0.25, -0.2) is 0 Å². The Balaban J connectivity index is 2.40. The van der Waals surface area contributed by atoms with E-state index in [1.807, 2.05) is 13.0 Å². The first-order valence-electron chi connectivity index (χ1n) is 3.35. The largest absolute Gasteiger partial charge is 0.349 e. The average molecular weight is 151 g/mol. The summed E-state index contributed by atoms with van der Waals surface area (Å²) < 4.78 is 0. The Morgan fingerprint density at radius 2 is 2.50 bits per heavy atom. The summed E-state index contributed by atoms with van der Waals surface area (Å²) in [5, 5.41) is 2.07. The zero-order chi connectivity index (χ0) is 7.40. The van der Waals surface area contributed by atoms with Crippen LogP contribution in [0.1, 0.15) is 11.8 Å². The summed E-state index contributed by atoms with van der Waals surface area (Å²) in [7, 11) is 5.60. The van der Waals surface area contributed by atoms with Crippen LogP contribution < -0.4 is 0 Å². The highest BCUT2D eigenvalue weighted by Crippen LogP contribution is 2.09. The molecule has 10 heavy (non-hydrogen) atoms. The van der Waals surface area contributed by atoms with Crippen LogP contribution in [0, 0.1) is 0 Å². The molecule has 0 aliphatic heterocycles. The number of hydrogen-bond acceptors (Lipinski definition) is 2. The molecule has 0 spiro atoms. The first-order valence-corrected chi connectivity index (χ1v) is 4.23. The number of thiophene rings is 1. The molecule has 0 amide bonds. The van der Waals surface area contributed by atoms with E-state index in [0.29, 0.717) is 0 Å². The zero-order valence-corrected chi connectivity index (χ0v) is 6.90. The minimum absolute atomic E-state index is 0.869. The average Bonchev–Trinajstić information content (AvgIpc) is 2.40. The van der Waals surface area contributed by atoms with Gasteiger partial charge in [0.25, 0.3) is 0 Å². The minimum atomic E-state index is 0.869.